The highest BCUT2D eigenvalue weighted by atomic mass is 32.2. The van der Waals surface area contributed by atoms with E-state index in [1.54, 1.807) is 16.2 Å². The number of benzene rings is 1. The highest BCUT2D eigenvalue weighted by molar-refractivity contribution is 7.99. The van der Waals surface area contributed by atoms with Crippen molar-refractivity contribution in [2.45, 2.75) is 18.6 Å². The van der Waals surface area contributed by atoms with Crippen LogP contribution in [-0.4, -0.2) is 40.1 Å². The Labute approximate surface area is 155 Å². The van der Waals surface area contributed by atoms with Gasteiger partial charge in [0.2, 0.25) is 5.91 Å². The third kappa shape index (κ3) is 4.49. The second kappa shape index (κ2) is 8.31. The maximum atomic E-state index is 12.4. The van der Waals surface area contributed by atoms with E-state index in [-0.39, 0.29) is 5.91 Å². The summed E-state index contributed by atoms with van der Waals surface area (Å²) < 4.78 is 0. The quantitative estimate of drug-likeness (QED) is 0.504. The first kappa shape index (κ1) is 17.7. The fraction of sp³-hybridized carbons (Fsp3) is 0.278. The van der Waals surface area contributed by atoms with Gasteiger partial charge in [-0.1, -0.05) is 23.9 Å². The smallest absolute Gasteiger partial charge is 0.233 e. The number of hydrogen-bond donors (Lipinski definition) is 1. The second-order valence-electron chi connectivity index (χ2n) is 5.57. The number of anilines is 1. The van der Waals surface area contributed by atoms with Crippen molar-refractivity contribution in [3.8, 4) is 0 Å². The number of aromatic nitrogens is 2. The first-order valence-corrected chi connectivity index (χ1v) is 9.98. The van der Waals surface area contributed by atoms with Gasteiger partial charge in [0.1, 0.15) is 5.82 Å². The first-order chi connectivity index (χ1) is 12.2. The SMILES string of the molecule is CCNc1nc(SCC(=O)N(C)Cc2ccsc2)nc2ccccc12. The molecule has 2 aromatic heterocycles. The van der Waals surface area contributed by atoms with Crippen LogP contribution in [0.15, 0.2) is 46.2 Å². The zero-order valence-electron chi connectivity index (χ0n) is 14.2. The van der Waals surface area contributed by atoms with E-state index in [0.717, 1.165) is 28.8 Å². The minimum absolute atomic E-state index is 0.0676. The van der Waals surface area contributed by atoms with Crippen molar-refractivity contribution in [2.75, 3.05) is 24.7 Å². The molecule has 3 rings (SSSR count). The largest absolute Gasteiger partial charge is 0.370 e. The number of nitrogens with one attached hydrogen (secondary N) is 1. The van der Waals surface area contributed by atoms with E-state index in [9.17, 15) is 4.79 Å². The van der Waals surface area contributed by atoms with E-state index in [0.29, 0.717) is 17.5 Å². The number of rotatable bonds is 7. The molecule has 130 valence electrons. The number of amides is 1. The van der Waals surface area contributed by atoms with Crippen molar-refractivity contribution in [2.24, 2.45) is 0 Å². The topological polar surface area (TPSA) is 58.1 Å². The second-order valence-corrected chi connectivity index (χ2v) is 7.29. The van der Waals surface area contributed by atoms with Crippen LogP contribution in [0.3, 0.4) is 0 Å². The monoisotopic (exact) mass is 372 g/mol. The Morgan fingerprint density at radius 1 is 1.28 bits per heavy atom. The lowest BCUT2D eigenvalue weighted by Crippen LogP contribution is -2.27. The molecule has 0 aliphatic rings. The number of carbonyl (C=O) groups is 1. The molecule has 0 unspecified atom stereocenters. The van der Waals surface area contributed by atoms with Crippen LogP contribution in [0.5, 0.6) is 0 Å². The summed E-state index contributed by atoms with van der Waals surface area (Å²) >= 11 is 3.01. The summed E-state index contributed by atoms with van der Waals surface area (Å²) in [7, 11) is 1.83. The number of thioether (sulfide) groups is 1. The molecule has 0 fully saturated rings. The fourth-order valence-corrected chi connectivity index (χ4v) is 3.85. The molecule has 25 heavy (non-hydrogen) atoms. The predicted molar refractivity (Wildman–Crippen MR) is 105 cm³/mol. The average Bonchev–Trinajstić information content (AvgIpc) is 3.13. The average molecular weight is 373 g/mol. The Morgan fingerprint density at radius 2 is 2.12 bits per heavy atom. The van der Waals surface area contributed by atoms with E-state index in [2.05, 4.69) is 20.7 Å². The number of para-hydroxylation sites is 1. The van der Waals surface area contributed by atoms with E-state index >= 15 is 0 Å². The normalized spacial score (nSPS) is 10.8. The van der Waals surface area contributed by atoms with E-state index < -0.39 is 0 Å². The van der Waals surface area contributed by atoms with Crippen molar-refractivity contribution >= 4 is 45.7 Å². The molecule has 0 bridgehead atoms. The fourth-order valence-electron chi connectivity index (χ4n) is 2.40. The van der Waals surface area contributed by atoms with E-state index in [4.69, 9.17) is 0 Å². The summed E-state index contributed by atoms with van der Waals surface area (Å²) in [5.41, 5.74) is 2.04. The van der Waals surface area contributed by atoms with E-state index in [1.807, 2.05) is 49.7 Å². The summed E-state index contributed by atoms with van der Waals surface area (Å²) in [5, 5.41) is 8.97. The van der Waals surface area contributed by atoms with E-state index in [1.165, 1.54) is 11.8 Å². The molecule has 0 saturated heterocycles. The molecule has 0 spiro atoms. The molecule has 2 heterocycles. The van der Waals surface area contributed by atoms with Gasteiger partial charge < -0.3 is 10.2 Å². The molecule has 0 radical (unpaired) electrons. The van der Waals surface area contributed by atoms with Gasteiger partial charge in [0.05, 0.1) is 11.3 Å². The van der Waals surface area contributed by atoms with Gasteiger partial charge in [-0.2, -0.15) is 11.3 Å². The lowest BCUT2D eigenvalue weighted by molar-refractivity contribution is -0.127. The third-order valence-electron chi connectivity index (χ3n) is 3.68. The minimum atomic E-state index is 0.0676. The van der Waals surface area contributed by atoms with Gasteiger partial charge in [-0.3, -0.25) is 4.79 Å². The number of thiophene rings is 1. The number of hydrogen-bond acceptors (Lipinski definition) is 6. The summed E-state index contributed by atoms with van der Waals surface area (Å²) in [6.45, 7) is 3.45. The van der Waals surface area contributed by atoms with Gasteiger partial charge >= 0.3 is 0 Å². The maximum absolute atomic E-state index is 12.4. The molecular weight excluding hydrogens is 352 g/mol. The van der Waals surface area contributed by atoms with Crippen molar-refractivity contribution in [1.29, 1.82) is 0 Å². The van der Waals surface area contributed by atoms with Gasteiger partial charge in [-0.05, 0) is 41.4 Å². The number of carbonyl (C=O) groups excluding carboxylic acids is 1. The van der Waals surface area contributed by atoms with Crippen molar-refractivity contribution in [1.82, 2.24) is 14.9 Å². The summed E-state index contributed by atoms with van der Waals surface area (Å²) in [6.07, 6.45) is 0. The van der Waals surface area contributed by atoms with Crippen LogP contribution >= 0.6 is 23.1 Å². The molecule has 5 nitrogen and oxygen atoms in total. The van der Waals surface area contributed by atoms with Crippen LogP contribution in [0.2, 0.25) is 0 Å². The van der Waals surface area contributed by atoms with Crippen LogP contribution in [-0.2, 0) is 11.3 Å². The lowest BCUT2D eigenvalue weighted by atomic mass is 10.2. The van der Waals surface area contributed by atoms with Crippen molar-refractivity contribution in [3.05, 3.63) is 46.7 Å². The van der Waals surface area contributed by atoms with Gasteiger partial charge in [0.25, 0.3) is 0 Å². The molecule has 1 amide bonds. The summed E-state index contributed by atoms with van der Waals surface area (Å²) in [4.78, 5) is 23.2. The van der Waals surface area contributed by atoms with Crippen molar-refractivity contribution in [3.63, 3.8) is 0 Å². The molecule has 7 heteroatoms. The van der Waals surface area contributed by atoms with Crippen LogP contribution in [0.4, 0.5) is 5.82 Å². The Hall–Kier alpha value is -2.12. The Kier molecular flexibility index (Phi) is 5.88. The highest BCUT2D eigenvalue weighted by Crippen LogP contribution is 2.24. The van der Waals surface area contributed by atoms with Crippen LogP contribution in [0.25, 0.3) is 10.9 Å². The summed E-state index contributed by atoms with van der Waals surface area (Å²) in [6, 6.07) is 9.94. The van der Waals surface area contributed by atoms with Gasteiger partial charge in [0.15, 0.2) is 5.16 Å². The molecule has 0 saturated carbocycles. The van der Waals surface area contributed by atoms with Crippen LogP contribution < -0.4 is 5.32 Å². The Morgan fingerprint density at radius 3 is 2.88 bits per heavy atom. The zero-order chi connectivity index (χ0) is 17.6. The molecular formula is C18H20N4OS2. The van der Waals surface area contributed by atoms with Gasteiger partial charge in [-0.15, -0.1) is 0 Å². The van der Waals surface area contributed by atoms with Gasteiger partial charge in [-0.25, -0.2) is 9.97 Å². The molecule has 3 aromatic rings. The standard InChI is InChI=1S/C18H20N4OS2/c1-3-19-17-14-6-4-5-7-15(14)20-18(21-17)25-12-16(23)22(2)10-13-8-9-24-11-13/h4-9,11H,3,10,12H2,1-2H3,(H,19,20,21). The zero-order valence-corrected chi connectivity index (χ0v) is 15.9. The molecule has 1 N–H and O–H groups in total. The molecule has 0 aliphatic heterocycles. The molecule has 0 aliphatic carbocycles. The van der Waals surface area contributed by atoms with Crippen LogP contribution in [0, 0.1) is 0 Å². The summed E-state index contributed by atoms with van der Waals surface area (Å²) in [5.74, 6) is 1.21. The number of nitrogens with zero attached hydrogens (tertiary/aromatic N) is 3. The predicted octanol–water partition coefficient (Wildman–Crippen LogP) is 3.87. The van der Waals surface area contributed by atoms with Gasteiger partial charge in [0, 0.05) is 25.5 Å². The lowest BCUT2D eigenvalue weighted by Gasteiger charge is -2.16. The minimum Gasteiger partial charge on any atom is -0.370 e. The maximum Gasteiger partial charge on any atom is 0.233 e. The van der Waals surface area contributed by atoms with Crippen LogP contribution in [0.1, 0.15) is 12.5 Å². The third-order valence-corrected chi connectivity index (χ3v) is 5.24. The molecule has 1 aromatic carbocycles. The first-order valence-electron chi connectivity index (χ1n) is 8.06. The molecule has 0 atom stereocenters. The number of fused-ring (bicyclic) bond motifs is 1. The van der Waals surface area contributed by atoms with Crippen molar-refractivity contribution < 1.29 is 4.79 Å². The Balaban J connectivity index is 1.69. The highest BCUT2D eigenvalue weighted by Gasteiger charge is 2.13. The Bertz CT molecular complexity index is 851.